The molecular formula is C82H138O12. The highest BCUT2D eigenvalue weighted by molar-refractivity contribution is 5.75. The normalized spacial score (nSPS) is 42.1. The summed E-state index contributed by atoms with van der Waals surface area (Å²) in [5, 5.41) is 0. The lowest BCUT2D eigenvalue weighted by molar-refractivity contribution is -0.174. The van der Waals surface area contributed by atoms with Gasteiger partial charge in [-0.1, -0.05) is 154 Å². The average molecular weight is 1320 g/mol. The molecule has 8 bridgehead atoms. The second-order valence-electron chi connectivity index (χ2n) is 36.2. The molecule has 0 aliphatic heterocycles. The zero-order chi connectivity index (χ0) is 67.5. The second kappa shape index (κ2) is 32.6. The van der Waals surface area contributed by atoms with Gasteiger partial charge in [0.25, 0.3) is 0 Å². The summed E-state index contributed by atoms with van der Waals surface area (Å²) < 4.78 is 44.2. The number of fused-ring (bicyclic) bond motifs is 20. The maximum Gasteiger partial charge on any atom is 0.311 e. The lowest BCUT2D eigenvalue weighted by Gasteiger charge is -2.34. The first-order chi connectivity index (χ1) is 45.0. The second-order valence-corrected chi connectivity index (χ2v) is 36.2. The SMILES string of the molecule is CCC1CC(CC)C2C3CC(CC3C(=O)OCOC(C)(C)C)C12.CCC1CC(CC)C2C3CC(CC3C(=O)OCOC3CCCC3)C12.CCC1CC(CC)C2C3CC(CC3C(=O)OCOCC(C)(C)C)C12.CCC1CC(CC)C2C3CC(CC3C(=O)OCOCC(C)C)C12. The van der Waals surface area contributed by atoms with Crippen molar-refractivity contribution in [1.29, 1.82) is 0 Å². The molecule has 0 heterocycles. The van der Waals surface area contributed by atoms with Crippen LogP contribution in [0.4, 0.5) is 0 Å². The van der Waals surface area contributed by atoms with Crippen molar-refractivity contribution >= 4 is 23.9 Å². The van der Waals surface area contributed by atoms with Gasteiger partial charge >= 0.3 is 23.9 Å². The molecule has 0 amide bonds. The molecule has 13 rings (SSSR count). The lowest BCUT2D eigenvalue weighted by Crippen LogP contribution is -2.35. The van der Waals surface area contributed by atoms with Crippen LogP contribution >= 0.6 is 0 Å². The van der Waals surface area contributed by atoms with Gasteiger partial charge in [0, 0.05) is 0 Å². The molecule has 94 heavy (non-hydrogen) atoms. The number of carbonyl (C=O) groups is 4. The van der Waals surface area contributed by atoms with Gasteiger partial charge in [-0.05, 0) is 264 Å². The third-order valence-corrected chi connectivity index (χ3v) is 28.8. The Kier molecular flexibility index (Phi) is 25.8. The molecule has 0 aromatic rings. The van der Waals surface area contributed by atoms with E-state index >= 15 is 0 Å². The summed E-state index contributed by atoms with van der Waals surface area (Å²) in [4.78, 5) is 50.3. The van der Waals surface area contributed by atoms with Crippen LogP contribution in [0, 0.1) is 177 Å². The van der Waals surface area contributed by atoms with Crippen molar-refractivity contribution in [3.63, 3.8) is 0 Å². The molecule has 12 heteroatoms. The fraction of sp³-hybridized carbons (Fsp3) is 0.951. The molecule has 0 N–H and O–H groups in total. The maximum atomic E-state index is 12.6. The van der Waals surface area contributed by atoms with E-state index in [0.717, 1.165) is 157 Å². The average Bonchev–Trinajstić information content (AvgIpc) is 1.60. The fourth-order valence-electron chi connectivity index (χ4n) is 25.4. The van der Waals surface area contributed by atoms with Crippen LogP contribution in [0.25, 0.3) is 0 Å². The molecule has 0 aromatic carbocycles. The third-order valence-electron chi connectivity index (χ3n) is 28.8. The van der Waals surface area contributed by atoms with E-state index in [1.54, 1.807) is 0 Å². The van der Waals surface area contributed by atoms with E-state index in [0.29, 0.717) is 48.9 Å². The quantitative estimate of drug-likeness (QED) is 0.0393. The van der Waals surface area contributed by atoms with Crippen molar-refractivity contribution in [2.24, 2.45) is 177 Å². The summed E-state index contributed by atoms with van der Waals surface area (Å²) in [6.45, 7) is 37.1. The summed E-state index contributed by atoms with van der Waals surface area (Å²) in [6.07, 6.45) is 30.4. The van der Waals surface area contributed by atoms with E-state index in [2.05, 4.69) is 90.0 Å². The van der Waals surface area contributed by atoms with Crippen LogP contribution in [0.1, 0.15) is 265 Å². The first-order valence-corrected chi connectivity index (χ1v) is 40.1. The number of hydrogen-bond acceptors (Lipinski definition) is 12. The fourth-order valence-corrected chi connectivity index (χ4v) is 25.4. The smallest absolute Gasteiger partial charge is 0.311 e. The van der Waals surface area contributed by atoms with Crippen molar-refractivity contribution in [3.05, 3.63) is 0 Å². The van der Waals surface area contributed by atoms with Crippen molar-refractivity contribution in [3.8, 4) is 0 Å². The van der Waals surface area contributed by atoms with Crippen LogP contribution in [0.3, 0.4) is 0 Å². The number of esters is 4. The topological polar surface area (TPSA) is 142 Å². The molecule has 0 radical (unpaired) electrons. The highest BCUT2D eigenvalue weighted by Crippen LogP contribution is 2.69. The van der Waals surface area contributed by atoms with E-state index in [4.69, 9.17) is 37.9 Å². The molecule has 28 atom stereocenters. The van der Waals surface area contributed by atoms with E-state index in [1.807, 2.05) is 20.8 Å². The van der Waals surface area contributed by atoms with Crippen molar-refractivity contribution < 1.29 is 57.1 Å². The first-order valence-electron chi connectivity index (χ1n) is 40.1. The zero-order valence-corrected chi connectivity index (χ0v) is 62.4. The van der Waals surface area contributed by atoms with E-state index in [-0.39, 0.29) is 85.7 Å². The number of ether oxygens (including phenoxy) is 8. The Hall–Kier alpha value is -2.28. The van der Waals surface area contributed by atoms with Crippen LogP contribution < -0.4 is 0 Å². The van der Waals surface area contributed by atoms with Crippen molar-refractivity contribution in [1.82, 2.24) is 0 Å². The van der Waals surface area contributed by atoms with E-state index in [1.165, 1.54) is 116 Å². The van der Waals surface area contributed by atoms with Gasteiger partial charge < -0.3 is 37.9 Å². The van der Waals surface area contributed by atoms with Crippen LogP contribution in [0.2, 0.25) is 0 Å². The molecule has 0 aromatic heterocycles. The molecule has 0 saturated heterocycles. The van der Waals surface area contributed by atoms with E-state index in [9.17, 15) is 19.2 Å². The molecule has 28 unspecified atom stereocenters. The Morgan fingerprint density at radius 3 is 0.936 bits per heavy atom. The highest BCUT2D eigenvalue weighted by Gasteiger charge is 2.65. The molecule has 13 fully saturated rings. The summed E-state index contributed by atoms with van der Waals surface area (Å²) in [5.41, 5.74) is -0.146. The van der Waals surface area contributed by atoms with Gasteiger partial charge in [-0.3, -0.25) is 19.2 Å². The van der Waals surface area contributed by atoms with Gasteiger partial charge in [0.1, 0.15) is 0 Å². The van der Waals surface area contributed by atoms with Crippen LogP contribution in [-0.2, 0) is 57.1 Å². The van der Waals surface area contributed by atoms with Crippen LogP contribution in [-0.4, -0.2) is 76.0 Å². The predicted molar refractivity (Wildman–Crippen MR) is 370 cm³/mol. The molecule has 13 aliphatic carbocycles. The Morgan fingerprint density at radius 1 is 0.362 bits per heavy atom. The van der Waals surface area contributed by atoms with Crippen LogP contribution in [0.15, 0.2) is 0 Å². The Labute approximate surface area is 572 Å². The van der Waals surface area contributed by atoms with Gasteiger partial charge in [0.05, 0.1) is 48.6 Å². The predicted octanol–water partition coefficient (Wildman–Crippen LogP) is 18.8. The highest BCUT2D eigenvalue weighted by atomic mass is 16.7. The summed E-state index contributed by atoms with van der Waals surface area (Å²) >= 11 is 0. The molecule has 13 saturated carbocycles. The van der Waals surface area contributed by atoms with Crippen molar-refractivity contribution in [2.75, 3.05) is 40.4 Å². The van der Waals surface area contributed by atoms with E-state index < -0.39 is 0 Å². The summed E-state index contributed by atoms with van der Waals surface area (Å²) in [7, 11) is 0. The van der Waals surface area contributed by atoms with Crippen molar-refractivity contribution in [2.45, 2.75) is 277 Å². The Bertz CT molecular complexity index is 2420. The number of carbonyl (C=O) groups excluding carboxylic acids is 4. The van der Waals surface area contributed by atoms with Gasteiger partial charge in [0.15, 0.2) is 27.2 Å². The standard InChI is InChI=1S/C21H34O3.C21H36O3.2C20H34O3/c1-3-13-9-14(4-2)20-17-10-15(19(13)20)11-18(17)21(22)24-12-23-16-7-5-6-8-16;1-6-13-8-14(7-2)19-16-9-15(18(13)19)10-17(16)20(22)24-12-23-11-21(3,4)5;1-6-12-8-13(7-2)18-15-9-14(17(12)18)10-16(15)19(21)22-11-23-20(3,4)5;1-5-13-7-14(6-2)19-16-8-15(18(13)19)9-17(16)20(21)23-11-22-10-12(3)4/h13-20H,3-12H2,1-2H3;13-19H,6-12H2,1-5H3;12-18H,6-11H2,1-5H3;12-19H,5-11H2,1-4H3. The molecule has 13 aliphatic rings. The minimum Gasteiger partial charge on any atom is -0.438 e. The summed E-state index contributed by atoms with van der Waals surface area (Å²) in [6, 6.07) is 0. The van der Waals surface area contributed by atoms with Gasteiger partial charge in [-0.15, -0.1) is 0 Å². The maximum absolute atomic E-state index is 12.6. The minimum absolute atomic E-state index is 0.00432. The Morgan fingerprint density at radius 2 is 0.649 bits per heavy atom. The molecular weight excluding hydrogens is 1180 g/mol. The monoisotopic (exact) mass is 1320 g/mol. The van der Waals surface area contributed by atoms with Gasteiger partial charge in [-0.25, -0.2) is 0 Å². The third kappa shape index (κ3) is 16.2. The molecule has 538 valence electrons. The largest absolute Gasteiger partial charge is 0.438 e. The minimum atomic E-state index is -0.257. The molecule has 0 spiro atoms. The van der Waals surface area contributed by atoms with Gasteiger partial charge in [-0.2, -0.15) is 0 Å². The van der Waals surface area contributed by atoms with Crippen LogP contribution in [0.5, 0.6) is 0 Å². The first kappa shape index (κ1) is 74.4. The Balaban J connectivity index is 0.000000137. The summed E-state index contributed by atoms with van der Waals surface area (Å²) in [5.74, 6) is 20.3. The lowest BCUT2D eigenvalue weighted by atomic mass is 9.70. The molecule has 12 nitrogen and oxygen atoms in total. The number of rotatable bonds is 24. The van der Waals surface area contributed by atoms with Gasteiger partial charge in [0.2, 0.25) is 0 Å². The number of hydrogen-bond donors (Lipinski definition) is 0. The zero-order valence-electron chi connectivity index (χ0n) is 62.4.